The summed E-state index contributed by atoms with van der Waals surface area (Å²) in [5.41, 5.74) is 1.49. The van der Waals surface area contributed by atoms with Crippen molar-refractivity contribution in [3.8, 4) is 6.07 Å². The standard InChI is InChI=1S/C13H7N2.C5H5.Fe/c14-8-12-6-5-11(7-13(12)9-15)10-3-1-2-4-10;1-2-4-5-3-1;/h1-7H;1-5H;/q2*-1;+2. The van der Waals surface area contributed by atoms with Gasteiger partial charge in [0.2, 0.25) is 0 Å². The number of hydrogen-bond acceptors (Lipinski definition) is 1. The first-order valence-electron chi connectivity index (χ1n) is 6.18. The van der Waals surface area contributed by atoms with E-state index in [9.17, 15) is 0 Å². The number of allylic oxidation sites excluding steroid dienone is 4. The van der Waals surface area contributed by atoms with Crippen molar-refractivity contribution in [2.45, 2.75) is 0 Å². The fourth-order valence-corrected chi connectivity index (χ4v) is 1.80. The van der Waals surface area contributed by atoms with Crippen molar-refractivity contribution in [1.29, 1.82) is 5.26 Å². The van der Waals surface area contributed by atoms with Gasteiger partial charge in [-0.2, -0.15) is 23.5 Å². The summed E-state index contributed by atoms with van der Waals surface area (Å²) in [5.74, 6) is 2.00. The van der Waals surface area contributed by atoms with Crippen molar-refractivity contribution >= 4 is 11.4 Å². The zero-order valence-electron chi connectivity index (χ0n) is 11.2. The zero-order chi connectivity index (χ0) is 14.2. The average Bonchev–Trinajstić information content (AvgIpc) is 3.21. The van der Waals surface area contributed by atoms with Crippen LogP contribution in [0, 0.1) is 11.3 Å². The van der Waals surface area contributed by atoms with Crippen molar-refractivity contribution in [1.82, 2.24) is 0 Å². The zero-order valence-corrected chi connectivity index (χ0v) is 12.3. The van der Waals surface area contributed by atoms with Gasteiger partial charge in [-0.3, -0.25) is 5.87 Å². The Labute approximate surface area is 134 Å². The Hall–Kier alpha value is -2.49. The number of rotatable bonds is 0. The fraction of sp³-hybridized carbons (Fsp3) is 0. The second kappa shape index (κ2) is 8.63. The maximum absolute atomic E-state index is 8.87. The van der Waals surface area contributed by atoms with Gasteiger partial charge >= 0.3 is 17.1 Å². The van der Waals surface area contributed by atoms with Gasteiger partial charge in [-0.1, -0.05) is 30.4 Å². The Morgan fingerprint density at radius 1 is 1.05 bits per heavy atom. The minimum atomic E-state index is 0. The number of nitriles is 1. The van der Waals surface area contributed by atoms with Gasteiger partial charge in [0.1, 0.15) is 6.07 Å². The van der Waals surface area contributed by atoms with Gasteiger partial charge in [-0.25, -0.2) is 12.1 Å². The first-order chi connectivity index (χ1) is 9.85. The van der Waals surface area contributed by atoms with E-state index >= 15 is 0 Å². The molecule has 3 rings (SSSR count). The van der Waals surface area contributed by atoms with Crippen LogP contribution in [-0.2, 0) is 17.1 Å². The molecule has 2 nitrogen and oxygen atoms in total. The topological polar surface area (TPSA) is 46.1 Å². The summed E-state index contributed by atoms with van der Waals surface area (Å²) in [7, 11) is 0. The summed E-state index contributed by atoms with van der Waals surface area (Å²) in [5, 5.41) is 19.0. The summed E-state index contributed by atoms with van der Waals surface area (Å²) >= 11 is 0. The fourth-order valence-electron chi connectivity index (χ4n) is 1.80. The summed E-state index contributed by atoms with van der Waals surface area (Å²) in [4.78, 5) is 0. The molecule has 3 heteroatoms. The van der Waals surface area contributed by atoms with Crippen LogP contribution in [0.2, 0.25) is 0 Å². The molecular formula is C18H12FeN2. The van der Waals surface area contributed by atoms with E-state index in [-0.39, 0.29) is 17.1 Å². The normalized spacial score (nSPS) is 10.9. The van der Waals surface area contributed by atoms with Gasteiger partial charge in [-0.05, 0) is 22.9 Å². The average molecular weight is 312 g/mol. The molecule has 0 bridgehead atoms. The van der Waals surface area contributed by atoms with Crippen LogP contribution in [0.1, 0.15) is 5.56 Å². The monoisotopic (exact) mass is 312 g/mol. The third-order valence-corrected chi connectivity index (χ3v) is 2.81. The third kappa shape index (κ3) is 4.52. The van der Waals surface area contributed by atoms with E-state index in [2.05, 4.69) is 0 Å². The number of benzene rings is 1. The third-order valence-electron chi connectivity index (χ3n) is 2.81. The van der Waals surface area contributed by atoms with E-state index in [0.29, 0.717) is 10.8 Å². The molecule has 0 saturated carbocycles. The summed E-state index contributed by atoms with van der Waals surface area (Å²) in [6.07, 6.45) is 7.84. The molecule has 0 aromatic heterocycles. The van der Waals surface area contributed by atoms with Crippen molar-refractivity contribution in [3.63, 3.8) is 0 Å². The van der Waals surface area contributed by atoms with Crippen LogP contribution in [0.5, 0.6) is 0 Å². The van der Waals surface area contributed by atoms with E-state index in [4.69, 9.17) is 10.7 Å². The van der Waals surface area contributed by atoms with Crippen LogP contribution in [0.4, 0.5) is 0 Å². The van der Waals surface area contributed by atoms with E-state index in [0.717, 1.165) is 10.8 Å². The summed E-state index contributed by atoms with van der Waals surface area (Å²) in [6.45, 7) is 0. The molecule has 0 saturated heterocycles. The molecule has 1 aliphatic rings. The number of nitrogens with zero attached hydrogens (tertiary/aromatic N) is 2. The van der Waals surface area contributed by atoms with Crippen LogP contribution in [0.3, 0.4) is 0 Å². The van der Waals surface area contributed by atoms with Crippen molar-refractivity contribution in [3.05, 3.63) is 94.2 Å². The van der Waals surface area contributed by atoms with Crippen molar-refractivity contribution in [2.24, 2.45) is 0 Å². The van der Waals surface area contributed by atoms with Crippen LogP contribution in [-0.4, -0.2) is 5.87 Å². The van der Waals surface area contributed by atoms with E-state index in [1.165, 1.54) is 0 Å². The molecule has 0 fully saturated rings. The predicted molar refractivity (Wildman–Crippen MR) is 81.6 cm³/mol. The van der Waals surface area contributed by atoms with Gasteiger partial charge in [-0.15, -0.1) is 0 Å². The minimum absolute atomic E-state index is 0. The van der Waals surface area contributed by atoms with E-state index in [1.54, 1.807) is 12.1 Å². The molecule has 0 radical (unpaired) electrons. The summed E-state index contributed by atoms with van der Waals surface area (Å²) < 4.78 is 0. The molecule has 0 amide bonds. The molecule has 2 aromatic rings. The van der Waals surface area contributed by atoms with Crippen LogP contribution >= 0.6 is 0 Å². The Morgan fingerprint density at radius 3 is 2.19 bits per heavy atom. The van der Waals surface area contributed by atoms with Crippen molar-refractivity contribution in [2.75, 3.05) is 0 Å². The van der Waals surface area contributed by atoms with Crippen molar-refractivity contribution < 1.29 is 17.1 Å². The SMILES string of the molecule is N#Cc1cc(=C2C=CC=C2)ccc1=C=[N-].[Fe+2].c1cc[cH-]c1. The van der Waals surface area contributed by atoms with Crippen LogP contribution in [0.25, 0.3) is 11.0 Å². The molecule has 102 valence electrons. The molecule has 0 heterocycles. The molecule has 0 aliphatic heterocycles. The number of hydrogen-bond donors (Lipinski definition) is 0. The molecule has 0 atom stereocenters. The molecule has 1 aliphatic carbocycles. The Kier molecular flexibility index (Phi) is 6.81. The maximum atomic E-state index is 8.87. The molecular weight excluding hydrogens is 300 g/mol. The molecule has 0 unspecified atom stereocenters. The molecule has 0 N–H and O–H groups in total. The van der Waals surface area contributed by atoms with Gasteiger partial charge in [0.25, 0.3) is 0 Å². The maximum Gasteiger partial charge on any atom is 2.00 e. The summed E-state index contributed by atoms with van der Waals surface area (Å²) in [6, 6.07) is 17.3. The minimum Gasteiger partial charge on any atom is -0.763 e. The van der Waals surface area contributed by atoms with Crippen LogP contribution < -0.4 is 10.4 Å². The largest absolute Gasteiger partial charge is 2.00 e. The van der Waals surface area contributed by atoms with Gasteiger partial charge in [0, 0.05) is 5.22 Å². The van der Waals surface area contributed by atoms with Gasteiger partial charge in [0.15, 0.2) is 0 Å². The first-order valence-corrected chi connectivity index (χ1v) is 6.18. The van der Waals surface area contributed by atoms with E-state index in [1.807, 2.05) is 72.6 Å². The second-order valence-corrected chi connectivity index (χ2v) is 4.12. The van der Waals surface area contributed by atoms with Crippen LogP contribution in [0.15, 0.2) is 72.8 Å². The predicted octanol–water partition coefficient (Wildman–Crippen LogP) is 2.15. The second-order valence-electron chi connectivity index (χ2n) is 4.12. The quantitative estimate of drug-likeness (QED) is 0.418. The Balaban J connectivity index is 0.000000313. The molecule has 2 aromatic carbocycles. The van der Waals surface area contributed by atoms with E-state index < -0.39 is 0 Å². The van der Waals surface area contributed by atoms with Gasteiger partial charge < -0.3 is 5.41 Å². The van der Waals surface area contributed by atoms with Gasteiger partial charge in [0.05, 0.1) is 5.56 Å². The Bertz CT molecular complexity index is 784. The first kappa shape index (κ1) is 16.6. The Morgan fingerprint density at radius 2 is 1.71 bits per heavy atom. The molecule has 21 heavy (non-hydrogen) atoms. The molecule has 0 spiro atoms. The smallest absolute Gasteiger partial charge is 0.763 e.